The van der Waals surface area contributed by atoms with Crippen LogP contribution >= 0.6 is 11.6 Å². The van der Waals surface area contributed by atoms with E-state index in [2.05, 4.69) is 20.4 Å². The number of amides is 1. The van der Waals surface area contributed by atoms with Crippen molar-refractivity contribution in [3.05, 3.63) is 64.2 Å². The lowest BCUT2D eigenvalue weighted by molar-refractivity contribution is -0.138. The lowest BCUT2D eigenvalue weighted by Crippen LogP contribution is -2.26. The Morgan fingerprint density at radius 1 is 1.10 bits per heavy atom. The summed E-state index contributed by atoms with van der Waals surface area (Å²) in [6, 6.07) is 3.15. The topological polar surface area (TPSA) is 80.9 Å². The molecule has 0 radical (unpaired) electrons. The molecule has 0 unspecified atom stereocenters. The summed E-state index contributed by atoms with van der Waals surface area (Å²) in [6.07, 6.45) is -7.68. The summed E-state index contributed by atoms with van der Waals surface area (Å²) in [5.74, 6) is -1.43. The van der Waals surface area contributed by atoms with Gasteiger partial charge in [-0.05, 0) is 24.3 Å². The van der Waals surface area contributed by atoms with Crippen molar-refractivity contribution < 1.29 is 35.7 Å². The van der Waals surface area contributed by atoms with E-state index < -0.39 is 41.5 Å². The van der Waals surface area contributed by atoms with E-state index in [1.807, 2.05) is 0 Å². The van der Waals surface area contributed by atoms with Crippen molar-refractivity contribution in [2.75, 3.05) is 0 Å². The summed E-state index contributed by atoms with van der Waals surface area (Å²) in [5.41, 5.74) is -2.82. The number of carbonyl (C=O) groups excluding carboxylic acids is 1. The van der Waals surface area contributed by atoms with E-state index in [1.165, 1.54) is 0 Å². The first kappa shape index (κ1) is 21.6. The molecule has 0 atom stereocenters. The van der Waals surface area contributed by atoms with Crippen LogP contribution in [-0.4, -0.2) is 21.0 Å². The summed E-state index contributed by atoms with van der Waals surface area (Å²) < 4.78 is 81.9. The number of alkyl halides is 6. The van der Waals surface area contributed by atoms with E-state index in [4.69, 9.17) is 16.1 Å². The van der Waals surface area contributed by atoms with E-state index >= 15 is 0 Å². The van der Waals surface area contributed by atoms with Crippen LogP contribution in [-0.2, 0) is 18.9 Å². The lowest BCUT2D eigenvalue weighted by Gasteiger charge is -2.11. The maximum atomic E-state index is 13.0. The van der Waals surface area contributed by atoms with Crippen LogP contribution in [0, 0.1) is 0 Å². The predicted molar refractivity (Wildman–Crippen MR) is 90.2 cm³/mol. The third-order valence-corrected chi connectivity index (χ3v) is 4.09. The second-order valence-corrected chi connectivity index (χ2v) is 6.22. The Labute approximate surface area is 168 Å². The van der Waals surface area contributed by atoms with Gasteiger partial charge < -0.3 is 9.84 Å². The molecule has 0 aliphatic heterocycles. The quantitative estimate of drug-likeness (QED) is 0.580. The molecule has 0 spiro atoms. The van der Waals surface area contributed by atoms with Crippen molar-refractivity contribution in [1.82, 2.24) is 20.4 Å². The molecule has 158 valence electrons. The largest absolute Gasteiger partial charge is 0.417 e. The highest BCUT2D eigenvalue weighted by atomic mass is 35.5. The SMILES string of the molecule is O=C(NCc1noc(-c2ccc(C(F)(F)F)cc2Cl)n1)c1cnccc1C(F)(F)F. The van der Waals surface area contributed by atoms with Gasteiger partial charge >= 0.3 is 12.4 Å². The third kappa shape index (κ3) is 4.70. The maximum absolute atomic E-state index is 13.0. The summed E-state index contributed by atoms with van der Waals surface area (Å²) in [7, 11) is 0. The molecule has 0 saturated heterocycles. The number of hydrogen-bond donors (Lipinski definition) is 1. The molecule has 0 fully saturated rings. The number of hydrogen-bond acceptors (Lipinski definition) is 5. The van der Waals surface area contributed by atoms with Gasteiger partial charge in [-0.15, -0.1) is 0 Å². The number of carbonyl (C=O) groups is 1. The lowest BCUT2D eigenvalue weighted by atomic mass is 10.1. The van der Waals surface area contributed by atoms with Crippen molar-refractivity contribution in [2.45, 2.75) is 18.9 Å². The third-order valence-electron chi connectivity index (χ3n) is 3.77. The normalized spacial score (nSPS) is 12.1. The first-order valence-corrected chi connectivity index (χ1v) is 8.33. The van der Waals surface area contributed by atoms with Crippen molar-refractivity contribution >= 4 is 17.5 Å². The highest BCUT2D eigenvalue weighted by Gasteiger charge is 2.35. The summed E-state index contributed by atoms with van der Waals surface area (Å²) >= 11 is 5.84. The van der Waals surface area contributed by atoms with Crippen molar-refractivity contribution in [1.29, 1.82) is 0 Å². The Balaban J connectivity index is 1.74. The van der Waals surface area contributed by atoms with Gasteiger partial charge in [-0.25, -0.2) is 0 Å². The second-order valence-electron chi connectivity index (χ2n) is 5.81. The Hall–Kier alpha value is -3.15. The molecule has 0 aliphatic carbocycles. The minimum atomic E-state index is -4.76. The number of nitrogens with one attached hydrogen (secondary N) is 1. The number of aromatic nitrogens is 3. The van der Waals surface area contributed by atoms with Gasteiger partial charge in [0.15, 0.2) is 5.82 Å². The van der Waals surface area contributed by atoms with Crippen LogP contribution in [0.2, 0.25) is 5.02 Å². The van der Waals surface area contributed by atoms with E-state index in [9.17, 15) is 31.1 Å². The smallest absolute Gasteiger partial charge is 0.345 e. The van der Waals surface area contributed by atoms with Gasteiger partial charge in [0.05, 0.1) is 33.8 Å². The summed E-state index contributed by atoms with van der Waals surface area (Å²) in [6.45, 7) is -0.410. The first-order valence-electron chi connectivity index (χ1n) is 7.96. The van der Waals surface area contributed by atoms with Crippen LogP contribution in [0.1, 0.15) is 27.3 Å². The zero-order chi connectivity index (χ0) is 22.1. The van der Waals surface area contributed by atoms with Crippen LogP contribution in [0.5, 0.6) is 0 Å². The Morgan fingerprint density at radius 3 is 2.47 bits per heavy atom. The molecule has 1 N–H and O–H groups in total. The van der Waals surface area contributed by atoms with Crippen LogP contribution in [0.25, 0.3) is 11.5 Å². The number of halogens is 7. The molecule has 3 rings (SSSR count). The molecule has 0 aliphatic rings. The van der Waals surface area contributed by atoms with Gasteiger partial charge in [0, 0.05) is 12.4 Å². The molecule has 3 aromatic rings. The number of benzene rings is 1. The average molecular weight is 451 g/mol. The molecule has 30 heavy (non-hydrogen) atoms. The van der Waals surface area contributed by atoms with E-state index in [-0.39, 0.29) is 22.3 Å². The summed E-state index contributed by atoms with van der Waals surface area (Å²) in [5, 5.41) is 5.42. The highest BCUT2D eigenvalue weighted by molar-refractivity contribution is 6.33. The Morgan fingerprint density at radius 2 is 1.83 bits per heavy atom. The first-order chi connectivity index (χ1) is 14.0. The molecule has 0 saturated carbocycles. The van der Waals surface area contributed by atoms with E-state index in [1.54, 1.807) is 0 Å². The molecule has 2 heterocycles. The van der Waals surface area contributed by atoms with Crippen LogP contribution in [0.4, 0.5) is 26.3 Å². The number of nitrogens with zero attached hydrogens (tertiary/aromatic N) is 3. The zero-order valence-electron chi connectivity index (χ0n) is 14.5. The maximum Gasteiger partial charge on any atom is 0.417 e. The van der Waals surface area contributed by atoms with Crippen molar-refractivity contribution in [2.24, 2.45) is 0 Å². The van der Waals surface area contributed by atoms with Gasteiger partial charge in [-0.2, -0.15) is 31.3 Å². The monoisotopic (exact) mass is 450 g/mol. The van der Waals surface area contributed by atoms with Crippen molar-refractivity contribution in [3.63, 3.8) is 0 Å². The molecule has 1 aromatic carbocycles. The standard InChI is InChI=1S/C17H9ClF6N4O2/c18-12-5-8(16(19,20)21)1-2-9(12)15-27-13(28-30-15)7-26-14(29)10-6-25-4-3-11(10)17(22,23)24/h1-6H,7H2,(H,26,29). The second kappa shape index (κ2) is 7.94. The van der Waals surface area contributed by atoms with Gasteiger partial charge in [0.25, 0.3) is 11.8 Å². The molecule has 2 aromatic heterocycles. The van der Waals surface area contributed by atoms with Gasteiger partial charge in [-0.3, -0.25) is 9.78 Å². The van der Waals surface area contributed by atoms with Gasteiger partial charge in [0.1, 0.15) is 0 Å². The van der Waals surface area contributed by atoms with Crippen LogP contribution in [0.3, 0.4) is 0 Å². The minimum Gasteiger partial charge on any atom is -0.345 e. The highest BCUT2D eigenvalue weighted by Crippen LogP contribution is 2.35. The fraction of sp³-hybridized carbons (Fsp3) is 0.176. The number of rotatable bonds is 4. The number of pyridine rings is 1. The molecule has 1 amide bonds. The Kier molecular flexibility index (Phi) is 5.70. The van der Waals surface area contributed by atoms with Gasteiger partial charge in [0.2, 0.25) is 0 Å². The summed E-state index contributed by atoms with van der Waals surface area (Å²) in [4.78, 5) is 19.5. The van der Waals surface area contributed by atoms with Gasteiger partial charge in [-0.1, -0.05) is 16.8 Å². The molecule has 6 nitrogen and oxygen atoms in total. The van der Waals surface area contributed by atoms with Crippen molar-refractivity contribution in [3.8, 4) is 11.5 Å². The molecule has 13 heteroatoms. The fourth-order valence-electron chi connectivity index (χ4n) is 2.38. The zero-order valence-corrected chi connectivity index (χ0v) is 15.2. The Bertz CT molecular complexity index is 1080. The van der Waals surface area contributed by atoms with Crippen LogP contribution in [0.15, 0.2) is 41.2 Å². The molecule has 0 bridgehead atoms. The molecular weight excluding hydrogens is 442 g/mol. The fourth-order valence-corrected chi connectivity index (χ4v) is 2.64. The molecular formula is C17H9ClF6N4O2. The van der Waals surface area contributed by atoms with E-state index in [0.29, 0.717) is 12.1 Å². The van der Waals surface area contributed by atoms with Crippen LogP contribution < -0.4 is 5.32 Å². The minimum absolute atomic E-state index is 0.0151. The average Bonchev–Trinajstić information content (AvgIpc) is 3.13. The van der Waals surface area contributed by atoms with E-state index in [0.717, 1.165) is 24.5 Å². The predicted octanol–water partition coefficient (Wildman–Crippen LogP) is 4.75.